The molecule has 0 saturated heterocycles. The Morgan fingerprint density at radius 2 is 2.11 bits per heavy atom. The highest BCUT2D eigenvalue weighted by molar-refractivity contribution is 9.10. The molecule has 1 N–H and O–H groups in total. The first-order valence-electron chi connectivity index (χ1n) is 5.76. The highest BCUT2D eigenvalue weighted by Crippen LogP contribution is 2.20. The number of thiophene rings is 1. The molecule has 96 valence electrons. The van der Waals surface area contributed by atoms with Gasteiger partial charge in [-0.3, -0.25) is 0 Å². The summed E-state index contributed by atoms with van der Waals surface area (Å²) in [4.78, 5) is 1.34. The molecule has 0 spiro atoms. The molecular weight excluding hydrogens is 310 g/mol. The van der Waals surface area contributed by atoms with Crippen molar-refractivity contribution in [3.05, 3.63) is 50.1 Å². The Morgan fingerprint density at radius 1 is 1.28 bits per heavy atom. The van der Waals surface area contributed by atoms with Gasteiger partial charge in [0.1, 0.15) is 5.75 Å². The van der Waals surface area contributed by atoms with E-state index in [1.54, 1.807) is 18.4 Å². The quantitative estimate of drug-likeness (QED) is 0.892. The molecule has 18 heavy (non-hydrogen) atoms. The average molecular weight is 326 g/mol. The largest absolute Gasteiger partial charge is 0.496 e. The predicted octanol–water partition coefficient (Wildman–Crippen LogP) is 4.12. The lowest BCUT2D eigenvalue weighted by Crippen LogP contribution is -2.11. The maximum absolute atomic E-state index is 5.25. The Morgan fingerprint density at radius 3 is 2.72 bits per heavy atom. The van der Waals surface area contributed by atoms with Crippen molar-refractivity contribution in [2.75, 3.05) is 7.11 Å². The van der Waals surface area contributed by atoms with Crippen molar-refractivity contribution in [1.82, 2.24) is 5.32 Å². The number of hydrogen-bond acceptors (Lipinski definition) is 3. The monoisotopic (exact) mass is 325 g/mol. The minimum atomic E-state index is 0.875. The first kappa shape index (κ1) is 13.6. The molecule has 0 unspecified atom stereocenters. The standard InChI is InChI=1S/C14H16BrNOS/c1-10-5-11(3-4-14(10)17-2)7-16-8-13-6-12(15)9-18-13/h3-6,9,16H,7-8H2,1-2H3. The third-order valence-corrected chi connectivity index (χ3v) is 4.41. The van der Waals surface area contributed by atoms with E-state index in [1.807, 2.05) is 6.07 Å². The number of methoxy groups -OCH3 is 1. The molecule has 2 aromatic rings. The molecule has 0 bridgehead atoms. The summed E-state index contributed by atoms with van der Waals surface area (Å²) in [5.74, 6) is 0.945. The zero-order chi connectivity index (χ0) is 13.0. The van der Waals surface area contributed by atoms with Gasteiger partial charge in [-0.15, -0.1) is 11.3 Å². The number of halogens is 1. The van der Waals surface area contributed by atoms with Gasteiger partial charge in [0.05, 0.1) is 7.11 Å². The van der Waals surface area contributed by atoms with Crippen molar-refractivity contribution >= 4 is 27.3 Å². The summed E-state index contributed by atoms with van der Waals surface area (Å²) in [7, 11) is 1.70. The molecule has 0 aliphatic carbocycles. The molecular formula is C14H16BrNOS. The van der Waals surface area contributed by atoms with Gasteiger partial charge in [-0.2, -0.15) is 0 Å². The second kappa shape index (κ2) is 6.36. The smallest absolute Gasteiger partial charge is 0.121 e. The van der Waals surface area contributed by atoms with E-state index in [1.165, 1.54) is 16.0 Å². The molecule has 0 radical (unpaired) electrons. The van der Waals surface area contributed by atoms with Crippen LogP contribution in [0.4, 0.5) is 0 Å². The molecule has 4 heteroatoms. The summed E-state index contributed by atoms with van der Waals surface area (Å²) in [5, 5.41) is 5.55. The summed E-state index contributed by atoms with van der Waals surface area (Å²) in [5.41, 5.74) is 2.46. The minimum Gasteiger partial charge on any atom is -0.496 e. The normalized spacial score (nSPS) is 10.6. The minimum absolute atomic E-state index is 0.875. The van der Waals surface area contributed by atoms with Gasteiger partial charge in [-0.1, -0.05) is 12.1 Å². The first-order valence-corrected chi connectivity index (χ1v) is 7.43. The van der Waals surface area contributed by atoms with E-state index in [0.717, 1.165) is 23.3 Å². The van der Waals surface area contributed by atoms with Crippen molar-refractivity contribution < 1.29 is 4.74 Å². The van der Waals surface area contributed by atoms with Crippen LogP contribution in [0.15, 0.2) is 34.1 Å². The van der Waals surface area contributed by atoms with E-state index in [4.69, 9.17) is 4.74 Å². The Hall–Kier alpha value is -0.840. The van der Waals surface area contributed by atoms with Crippen LogP contribution in [-0.4, -0.2) is 7.11 Å². The van der Waals surface area contributed by atoms with Crippen LogP contribution in [-0.2, 0) is 13.1 Å². The number of hydrogen-bond donors (Lipinski definition) is 1. The molecule has 0 amide bonds. The van der Waals surface area contributed by atoms with Crippen molar-refractivity contribution in [3.8, 4) is 5.75 Å². The van der Waals surface area contributed by atoms with Crippen LogP contribution in [0.25, 0.3) is 0 Å². The fourth-order valence-electron chi connectivity index (χ4n) is 1.83. The van der Waals surface area contributed by atoms with Gasteiger partial charge in [-0.25, -0.2) is 0 Å². The zero-order valence-corrected chi connectivity index (χ0v) is 12.9. The van der Waals surface area contributed by atoms with Gasteiger partial charge in [0.2, 0.25) is 0 Å². The molecule has 0 saturated carbocycles. The van der Waals surface area contributed by atoms with E-state index in [0.29, 0.717) is 0 Å². The first-order chi connectivity index (χ1) is 8.69. The Kier molecular flexibility index (Phi) is 4.80. The van der Waals surface area contributed by atoms with Crippen molar-refractivity contribution in [2.45, 2.75) is 20.0 Å². The fraction of sp³-hybridized carbons (Fsp3) is 0.286. The van der Waals surface area contributed by atoms with Crippen molar-refractivity contribution in [1.29, 1.82) is 0 Å². The van der Waals surface area contributed by atoms with Crippen LogP contribution in [0.2, 0.25) is 0 Å². The van der Waals surface area contributed by atoms with Crippen LogP contribution in [0.3, 0.4) is 0 Å². The highest BCUT2D eigenvalue weighted by Gasteiger charge is 2.01. The van der Waals surface area contributed by atoms with Crippen molar-refractivity contribution in [2.24, 2.45) is 0 Å². The van der Waals surface area contributed by atoms with E-state index in [-0.39, 0.29) is 0 Å². The lowest BCUT2D eigenvalue weighted by atomic mass is 10.1. The molecule has 0 atom stereocenters. The van der Waals surface area contributed by atoms with Gasteiger partial charge < -0.3 is 10.1 Å². The molecule has 1 aromatic heterocycles. The Balaban J connectivity index is 1.88. The lowest BCUT2D eigenvalue weighted by Gasteiger charge is -2.08. The molecule has 1 heterocycles. The van der Waals surface area contributed by atoms with E-state index in [9.17, 15) is 0 Å². The summed E-state index contributed by atoms with van der Waals surface area (Å²) < 4.78 is 6.41. The molecule has 1 aromatic carbocycles. The molecule has 2 rings (SSSR count). The zero-order valence-electron chi connectivity index (χ0n) is 10.5. The van der Waals surface area contributed by atoms with Crippen LogP contribution in [0.1, 0.15) is 16.0 Å². The third-order valence-electron chi connectivity index (χ3n) is 2.71. The molecule has 0 aliphatic rings. The van der Waals surface area contributed by atoms with Crippen LogP contribution < -0.4 is 10.1 Å². The van der Waals surface area contributed by atoms with Gasteiger partial charge in [0.15, 0.2) is 0 Å². The number of nitrogens with one attached hydrogen (secondary N) is 1. The second-order valence-electron chi connectivity index (χ2n) is 4.14. The maximum Gasteiger partial charge on any atom is 0.121 e. The number of aryl methyl sites for hydroxylation is 1. The molecule has 0 fully saturated rings. The third kappa shape index (κ3) is 3.57. The SMILES string of the molecule is COc1ccc(CNCc2cc(Br)cs2)cc1C. The topological polar surface area (TPSA) is 21.3 Å². The maximum atomic E-state index is 5.25. The number of rotatable bonds is 5. The van der Waals surface area contributed by atoms with Gasteiger partial charge in [-0.05, 0) is 46.1 Å². The van der Waals surface area contributed by atoms with Crippen LogP contribution in [0.5, 0.6) is 5.75 Å². The molecule has 2 nitrogen and oxygen atoms in total. The average Bonchev–Trinajstić information content (AvgIpc) is 2.75. The van der Waals surface area contributed by atoms with Crippen LogP contribution >= 0.6 is 27.3 Å². The highest BCUT2D eigenvalue weighted by atomic mass is 79.9. The summed E-state index contributed by atoms with van der Waals surface area (Å²) in [6, 6.07) is 8.43. The lowest BCUT2D eigenvalue weighted by molar-refractivity contribution is 0.411. The van der Waals surface area contributed by atoms with E-state index >= 15 is 0 Å². The van der Waals surface area contributed by atoms with Gasteiger partial charge in [0, 0.05) is 27.8 Å². The van der Waals surface area contributed by atoms with Crippen LogP contribution in [0, 0.1) is 6.92 Å². The van der Waals surface area contributed by atoms with Gasteiger partial charge >= 0.3 is 0 Å². The summed E-state index contributed by atoms with van der Waals surface area (Å²) in [6.07, 6.45) is 0. The Bertz CT molecular complexity index is 524. The van der Waals surface area contributed by atoms with Crippen molar-refractivity contribution in [3.63, 3.8) is 0 Å². The Labute approximate surface area is 120 Å². The van der Waals surface area contributed by atoms with E-state index < -0.39 is 0 Å². The second-order valence-corrected chi connectivity index (χ2v) is 6.05. The predicted molar refractivity (Wildman–Crippen MR) is 80.3 cm³/mol. The summed E-state index contributed by atoms with van der Waals surface area (Å²) >= 11 is 5.23. The van der Waals surface area contributed by atoms with Gasteiger partial charge in [0.25, 0.3) is 0 Å². The van der Waals surface area contributed by atoms with E-state index in [2.05, 4.69) is 51.7 Å². The fourth-order valence-corrected chi connectivity index (χ4v) is 3.25. The summed E-state index contributed by atoms with van der Waals surface area (Å²) in [6.45, 7) is 3.85. The number of ether oxygens (including phenoxy) is 1. The number of benzene rings is 1. The molecule has 0 aliphatic heterocycles.